The van der Waals surface area contributed by atoms with E-state index < -0.39 is 47.2 Å². The molecule has 8 amide bonds. The molecule has 0 aliphatic carbocycles. The van der Waals surface area contributed by atoms with Crippen LogP contribution in [-0.4, -0.2) is 86.7 Å². The molecule has 3 aliphatic heterocycles. The van der Waals surface area contributed by atoms with E-state index >= 15 is 0 Å². The van der Waals surface area contributed by atoms with Gasteiger partial charge in [0.2, 0.25) is 35.4 Å². The number of imide groups is 2. The molecule has 0 radical (unpaired) electrons. The standard InChI is InChI=1S/C43H51N7O8S/c1-25-36(59-24-45-25)27-18-16-26(17-19-27)23-44-38(54)30-13-10-22-49(30)42(58)37(43(2,3)4)47-33(52)15-8-6-5-7-14-32(51)46-29-12-9-11-28-35(29)41(57)50(40(28)56)31-20-21-34(53)48-39(31)55/h9,11-12,16-19,24,30-31,37H,5-8,10,13-15,20-23H2,1-4H3,(H,44,54)(H,46,51)(H,47,52)(H,48,53,55)/t30?,31?,37-/m1/s1. The molecule has 3 atom stereocenters. The summed E-state index contributed by atoms with van der Waals surface area (Å²) < 4.78 is 0. The highest BCUT2D eigenvalue weighted by Gasteiger charge is 2.46. The molecule has 0 bridgehead atoms. The molecule has 312 valence electrons. The third-order valence-corrected chi connectivity index (χ3v) is 12.0. The highest BCUT2D eigenvalue weighted by Crippen LogP contribution is 2.33. The Hall–Kier alpha value is -5.77. The van der Waals surface area contributed by atoms with E-state index in [0.717, 1.165) is 26.6 Å². The smallest absolute Gasteiger partial charge is 0.264 e. The van der Waals surface area contributed by atoms with Crippen molar-refractivity contribution in [1.82, 2.24) is 30.7 Å². The monoisotopic (exact) mass is 825 g/mol. The van der Waals surface area contributed by atoms with Crippen molar-refractivity contribution < 1.29 is 38.4 Å². The summed E-state index contributed by atoms with van der Waals surface area (Å²) in [5.41, 5.74) is 4.45. The van der Waals surface area contributed by atoms with Gasteiger partial charge in [-0.2, -0.15) is 0 Å². The predicted molar refractivity (Wildman–Crippen MR) is 220 cm³/mol. The number of nitrogens with zero attached hydrogens (tertiary/aromatic N) is 3. The number of piperidine rings is 1. The first-order valence-electron chi connectivity index (χ1n) is 20.2. The second kappa shape index (κ2) is 18.4. The molecule has 4 N–H and O–H groups in total. The number of aryl methyl sites for hydroxylation is 1. The van der Waals surface area contributed by atoms with Crippen molar-refractivity contribution in [3.63, 3.8) is 0 Å². The maximum atomic E-state index is 13.9. The Morgan fingerprint density at radius 3 is 2.29 bits per heavy atom. The van der Waals surface area contributed by atoms with Gasteiger partial charge in [-0.05, 0) is 67.7 Å². The summed E-state index contributed by atoms with van der Waals surface area (Å²) >= 11 is 1.58. The second-order valence-electron chi connectivity index (χ2n) is 16.4. The highest BCUT2D eigenvalue weighted by molar-refractivity contribution is 7.13. The van der Waals surface area contributed by atoms with Gasteiger partial charge < -0.3 is 20.9 Å². The quantitative estimate of drug-likeness (QED) is 0.124. The van der Waals surface area contributed by atoms with Crippen LogP contribution in [0.2, 0.25) is 0 Å². The van der Waals surface area contributed by atoms with Crippen molar-refractivity contribution in [2.75, 3.05) is 11.9 Å². The van der Waals surface area contributed by atoms with E-state index in [4.69, 9.17) is 0 Å². The molecule has 0 spiro atoms. The first kappa shape index (κ1) is 42.8. The Morgan fingerprint density at radius 1 is 0.915 bits per heavy atom. The fourth-order valence-electron chi connectivity index (χ4n) is 7.77. The highest BCUT2D eigenvalue weighted by atomic mass is 32.1. The van der Waals surface area contributed by atoms with Gasteiger partial charge in [-0.15, -0.1) is 11.3 Å². The van der Waals surface area contributed by atoms with Gasteiger partial charge in [-0.1, -0.05) is 63.9 Å². The minimum Gasteiger partial charge on any atom is -0.350 e. The maximum Gasteiger partial charge on any atom is 0.264 e. The number of aromatic nitrogens is 1. The summed E-state index contributed by atoms with van der Waals surface area (Å²) in [5.74, 6) is -3.66. The van der Waals surface area contributed by atoms with Crippen molar-refractivity contribution in [2.45, 2.75) is 117 Å². The number of hydrogen-bond donors (Lipinski definition) is 4. The largest absolute Gasteiger partial charge is 0.350 e. The van der Waals surface area contributed by atoms with Gasteiger partial charge in [0.25, 0.3) is 11.8 Å². The van der Waals surface area contributed by atoms with Crippen LogP contribution < -0.4 is 21.3 Å². The van der Waals surface area contributed by atoms with Crippen LogP contribution >= 0.6 is 11.3 Å². The van der Waals surface area contributed by atoms with Crippen LogP contribution in [0.3, 0.4) is 0 Å². The molecule has 59 heavy (non-hydrogen) atoms. The summed E-state index contributed by atoms with van der Waals surface area (Å²) in [4.78, 5) is 112. The van der Waals surface area contributed by atoms with E-state index in [2.05, 4.69) is 26.3 Å². The Bertz CT molecular complexity index is 2140. The Morgan fingerprint density at radius 2 is 1.63 bits per heavy atom. The number of carbonyl (C=O) groups excluding carboxylic acids is 8. The lowest BCUT2D eigenvalue weighted by Crippen LogP contribution is -2.57. The second-order valence-corrected chi connectivity index (χ2v) is 17.2. The first-order chi connectivity index (χ1) is 28.1. The predicted octanol–water partition coefficient (Wildman–Crippen LogP) is 4.64. The van der Waals surface area contributed by atoms with Crippen molar-refractivity contribution in [1.29, 1.82) is 0 Å². The molecule has 3 aromatic rings. The van der Waals surface area contributed by atoms with Gasteiger partial charge in [0.15, 0.2) is 0 Å². The van der Waals surface area contributed by atoms with Crippen LogP contribution in [0.15, 0.2) is 48.0 Å². The molecule has 6 rings (SSSR count). The number of anilines is 1. The van der Waals surface area contributed by atoms with Crippen molar-refractivity contribution in [3.05, 3.63) is 70.4 Å². The average Bonchev–Trinajstić information content (AvgIpc) is 3.92. The molecule has 3 aliphatic rings. The minimum atomic E-state index is -1.11. The SMILES string of the molecule is Cc1ncsc1-c1ccc(CNC(=O)C2CCCN2C(=O)[C@@H](NC(=O)CCCCCCC(=O)Nc2cccc3c2C(=O)N(C2CCC(=O)NC2=O)C3=O)C(C)(C)C)cc1. The molecule has 1 aromatic heterocycles. The topological polar surface area (TPSA) is 204 Å². The molecule has 16 heteroatoms. The number of benzene rings is 2. The third kappa shape index (κ3) is 9.92. The average molecular weight is 826 g/mol. The van der Waals surface area contributed by atoms with Crippen molar-refractivity contribution >= 4 is 64.3 Å². The van der Waals surface area contributed by atoms with Crippen LogP contribution in [0.5, 0.6) is 0 Å². The Balaban J connectivity index is 0.928. The summed E-state index contributed by atoms with van der Waals surface area (Å²) in [7, 11) is 0. The zero-order valence-corrected chi connectivity index (χ0v) is 34.7. The number of likely N-dealkylation sites (tertiary alicyclic amines) is 1. The number of carbonyl (C=O) groups is 8. The molecule has 15 nitrogen and oxygen atoms in total. The van der Waals surface area contributed by atoms with Gasteiger partial charge in [0.1, 0.15) is 18.1 Å². The molecule has 4 heterocycles. The maximum absolute atomic E-state index is 13.9. The van der Waals surface area contributed by atoms with E-state index in [9.17, 15) is 38.4 Å². The number of nitrogens with one attached hydrogen (secondary N) is 4. The van der Waals surface area contributed by atoms with Gasteiger partial charge in [0.05, 0.1) is 32.9 Å². The fourth-order valence-corrected chi connectivity index (χ4v) is 8.58. The number of unbranched alkanes of at least 4 members (excludes halogenated alkanes) is 3. The number of thiazole rings is 1. The van der Waals surface area contributed by atoms with Crippen molar-refractivity contribution in [3.8, 4) is 10.4 Å². The van der Waals surface area contributed by atoms with Gasteiger partial charge in [0, 0.05) is 32.4 Å². The van der Waals surface area contributed by atoms with Gasteiger partial charge in [-0.25, -0.2) is 4.98 Å². The molecular formula is C43H51N7O8S. The lowest BCUT2D eigenvalue weighted by atomic mass is 9.85. The van der Waals surface area contributed by atoms with Gasteiger partial charge >= 0.3 is 0 Å². The zero-order chi connectivity index (χ0) is 42.4. The lowest BCUT2D eigenvalue weighted by Gasteiger charge is -2.35. The summed E-state index contributed by atoms with van der Waals surface area (Å²) in [6.45, 7) is 8.38. The van der Waals surface area contributed by atoms with Crippen LogP contribution in [0, 0.1) is 12.3 Å². The minimum absolute atomic E-state index is 0.00282. The van der Waals surface area contributed by atoms with E-state index in [-0.39, 0.29) is 66.1 Å². The number of hydrogen-bond acceptors (Lipinski definition) is 10. The molecular weight excluding hydrogens is 775 g/mol. The lowest BCUT2D eigenvalue weighted by molar-refractivity contribution is -0.144. The number of amides is 8. The first-order valence-corrected chi connectivity index (χ1v) is 21.0. The summed E-state index contributed by atoms with van der Waals surface area (Å²) in [6, 6.07) is 9.94. The van der Waals surface area contributed by atoms with E-state index in [1.165, 1.54) is 12.1 Å². The molecule has 2 aromatic carbocycles. The van der Waals surface area contributed by atoms with Gasteiger partial charge in [-0.3, -0.25) is 48.6 Å². The Kier molecular flexibility index (Phi) is 13.4. The van der Waals surface area contributed by atoms with Crippen LogP contribution in [-0.2, 0) is 35.3 Å². The van der Waals surface area contributed by atoms with E-state index in [0.29, 0.717) is 51.6 Å². The fraction of sp³-hybridized carbons (Fsp3) is 0.465. The number of rotatable bonds is 15. The van der Waals surface area contributed by atoms with E-state index in [1.807, 2.05) is 57.5 Å². The van der Waals surface area contributed by atoms with Crippen LogP contribution in [0.4, 0.5) is 5.69 Å². The molecule has 2 fully saturated rings. The van der Waals surface area contributed by atoms with Crippen molar-refractivity contribution in [2.24, 2.45) is 5.41 Å². The van der Waals surface area contributed by atoms with Crippen LogP contribution in [0.1, 0.15) is 117 Å². The Labute approximate surface area is 347 Å². The normalized spacial score (nSPS) is 18.4. The van der Waals surface area contributed by atoms with Crippen LogP contribution in [0.25, 0.3) is 10.4 Å². The molecule has 2 unspecified atom stereocenters. The molecule has 0 saturated carbocycles. The summed E-state index contributed by atoms with van der Waals surface area (Å²) in [5, 5.41) is 10.8. The summed E-state index contributed by atoms with van der Waals surface area (Å²) in [6.07, 6.45) is 3.94. The molecule has 2 saturated heterocycles. The van der Waals surface area contributed by atoms with E-state index in [1.54, 1.807) is 22.3 Å². The zero-order valence-electron chi connectivity index (χ0n) is 33.9. The number of fused-ring (bicyclic) bond motifs is 1. The third-order valence-electron chi connectivity index (χ3n) is 11.0.